The van der Waals surface area contributed by atoms with Gasteiger partial charge in [-0.15, -0.1) is 0 Å². The van der Waals surface area contributed by atoms with Gasteiger partial charge in [0.05, 0.1) is 18.9 Å². The van der Waals surface area contributed by atoms with Gasteiger partial charge in [-0.25, -0.2) is 0 Å². The Morgan fingerprint density at radius 3 is 2.68 bits per heavy atom. The van der Waals surface area contributed by atoms with Crippen LogP contribution >= 0.6 is 15.9 Å². The van der Waals surface area contributed by atoms with E-state index >= 15 is 0 Å². The van der Waals surface area contributed by atoms with Gasteiger partial charge in [-0.2, -0.15) is 5.26 Å². The molecule has 1 N–H and O–H groups in total. The molecule has 0 spiro atoms. The van der Waals surface area contributed by atoms with Crippen molar-refractivity contribution in [2.45, 2.75) is 0 Å². The molecule has 0 amide bonds. The van der Waals surface area contributed by atoms with Crippen LogP contribution in [0.1, 0.15) is 0 Å². The van der Waals surface area contributed by atoms with Gasteiger partial charge in [-0.3, -0.25) is 9.69 Å². The molecule has 136 valence electrons. The highest BCUT2D eigenvalue weighted by atomic mass is 79.9. The lowest BCUT2D eigenvalue weighted by Crippen LogP contribution is -2.36. The summed E-state index contributed by atoms with van der Waals surface area (Å²) in [6.07, 6.45) is 10.6. The van der Waals surface area contributed by atoms with E-state index in [0.717, 1.165) is 32.8 Å². The summed E-state index contributed by atoms with van der Waals surface area (Å²) in [7, 11) is 3.54. The molecule has 0 atom stereocenters. The van der Waals surface area contributed by atoms with Crippen LogP contribution in [-0.2, 0) is 9.53 Å². The van der Waals surface area contributed by atoms with Gasteiger partial charge in [0.25, 0.3) is 0 Å². The Morgan fingerprint density at radius 1 is 1.36 bits per heavy atom. The predicted octanol–water partition coefficient (Wildman–Crippen LogP) is 1.80. The van der Waals surface area contributed by atoms with Crippen LogP contribution in [0.3, 0.4) is 0 Å². The van der Waals surface area contributed by atoms with Gasteiger partial charge in [0.2, 0.25) is 5.78 Å². The summed E-state index contributed by atoms with van der Waals surface area (Å²) in [4.78, 5) is 16.5. The summed E-state index contributed by atoms with van der Waals surface area (Å²) in [6, 6.07) is 1.96. The number of carbonyl (C=O) groups is 1. The van der Waals surface area contributed by atoms with E-state index in [2.05, 4.69) is 26.1 Å². The summed E-state index contributed by atoms with van der Waals surface area (Å²) in [5.74, 6) is -0.341. The lowest BCUT2D eigenvalue weighted by molar-refractivity contribution is -0.112. The zero-order chi connectivity index (χ0) is 18.5. The number of carbonyl (C=O) groups excluding carboxylic acids is 1. The van der Waals surface area contributed by atoms with Crippen LogP contribution < -0.4 is 5.32 Å². The van der Waals surface area contributed by atoms with Crippen LogP contribution in [0.5, 0.6) is 0 Å². The topological polar surface area (TPSA) is 68.6 Å². The number of alkyl halides is 1. The molecule has 0 aromatic rings. The summed E-state index contributed by atoms with van der Waals surface area (Å²) < 4.78 is 5.32. The van der Waals surface area contributed by atoms with Gasteiger partial charge >= 0.3 is 0 Å². The van der Waals surface area contributed by atoms with Crippen molar-refractivity contribution in [1.82, 2.24) is 15.1 Å². The van der Waals surface area contributed by atoms with Crippen molar-refractivity contribution >= 4 is 21.7 Å². The number of morpholine rings is 1. The van der Waals surface area contributed by atoms with Crippen molar-refractivity contribution in [2.24, 2.45) is 0 Å². The zero-order valence-electron chi connectivity index (χ0n) is 14.7. The number of halogens is 1. The molecule has 6 nitrogen and oxygen atoms in total. The van der Waals surface area contributed by atoms with Crippen molar-refractivity contribution in [3.05, 3.63) is 48.0 Å². The molecule has 1 heterocycles. The Balaban J connectivity index is 2.81. The third-order valence-corrected chi connectivity index (χ3v) is 3.68. The maximum Gasteiger partial charge on any atom is 0.221 e. The fraction of sp³-hybridized carbons (Fsp3) is 0.444. The Morgan fingerprint density at radius 2 is 2.08 bits per heavy atom. The second-order valence-electron chi connectivity index (χ2n) is 5.57. The molecule has 1 saturated heterocycles. The highest BCUT2D eigenvalue weighted by Crippen LogP contribution is 2.05. The van der Waals surface area contributed by atoms with Gasteiger partial charge in [-0.1, -0.05) is 34.2 Å². The molecule has 0 bridgehead atoms. The largest absolute Gasteiger partial charge is 0.382 e. The minimum Gasteiger partial charge on any atom is -0.382 e. The van der Waals surface area contributed by atoms with E-state index in [4.69, 9.17) is 4.74 Å². The number of nitrogens with zero attached hydrogens (tertiary/aromatic N) is 3. The first-order valence-corrected chi connectivity index (χ1v) is 9.18. The van der Waals surface area contributed by atoms with Crippen molar-refractivity contribution in [3.8, 4) is 6.07 Å². The normalized spacial score (nSPS) is 17.0. The fourth-order valence-electron chi connectivity index (χ4n) is 2.08. The summed E-state index contributed by atoms with van der Waals surface area (Å²) >= 11 is 3.29. The third-order valence-electron chi connectivity index (χ3n) is 3.31. The quantitative estimate of drug-likeness (QED) is 0.271. The Kier molecular flexibility index (Phi) is 10.6. The van der Waals surface area contributed by atoms with E-state index in [-0.39, 0.29) is 11.4 Å². The second-order valence-corrected chi connectivity index (χ2v) is 6.22. The molecule has 0 radical (unpaired) electrons. The van der Waals surface area contributed by atoms with Crippen molar-refractivity contribution in [2.75, 3.05) is 52.3 Å². The van der Waals surface area contributed by atoms with Crippen molar-refractivity contribution < 1.29 is 9.53 Å². The number of Topliss-reactive ketones (excluding diaryl/α,β-unsaturated/α-hetero) is 1. The average Bonchev–Trinajstić information content (AvgIpc) is 2.62. The van der Waals surface area contributed by atoms with Crippen LogP contribution in [0.4, 0.5) is 0 Å². The maximum atomic E-state index is 12.5. The lowest BCUT2D eigenvalue weighted by Gasteiger charge is -2.24. The monoisotopic (exact) mass is 408 g/mol. The number of nitrogens with one attached hydrogen (secondary N) is 1. The number of allylic oxidation sites excluding steroid dienone is 4. The number of rotatable bonds is 9. The minimum absolute atomic E-state index is 0.0811. The van der Waals surface area contributed by atoms with E-state index in [0.29, 0.717) is 11.0 Å². The zero-order valence-corrected chi connectivity index (χ0v) is 16.3. The van der Waals surface area contributed by atoms with Crippen LogP contribution in [0.25, 0.3) is 0 Å². The van der Waals surface area contributed by atoms with Crippen LogP contribution in [0.2, 0.25) is 0 Å². The van der Waals surface area contributed by atoms with Gasteiger partial charge in [-0.05, 0) is 12.3 Å². The SMILES string of the molecule is CN(C)/C=C(\C#N)C(=O)/C(=C/C=C/CN1CCOCC1)N/C=C/CBr. The lowest BCUT2D eigenvalue weighted by atomic mass is 10.1. The van der Waals surface area contributed by atoms with Crippen LogP contribution in [-0.4, -0.2) is 67.9 Å². The smallest absolute Gasteiger partial charge is 0.221 e. The Hall–Kier alpha value is -1.88. The molecule has 0 aromatic heterocycles. The van der Waals surface area contributed by atoms with Gasteiger partial charge in [0.15, 0.2) is 0 Å². The average molecular weight is 409 g/mol. The molecule has 1 fully saturated rings. The Bertz CT molecular complexity index is 582. The second kappa shape index (κ2) is 12.5. The van der Waals surface area contributed by atoms with E-state index in [1.165, 1.54) is 6.20 Å². The molecule has 0 unspecified atom stereocenters. The summed E-state index contributed by atoms with van der Waals surface area (Å²) in [5, 5.41) is 12.9. The van der Waals surface area contributed by atoms with Crippen LogP contribution in [0.15, 0.2) is 48.0 Å². The predicted molar refractivity (Wildman–Crippen MR) is 103 cm³/mol. The first-order chi connectivity index (χ1) is 12.1. The van der Waals surface area contributed by atoms with E-state index in [1.807, 2.05) is 24.3 Å². The van der Waals surface area contributed by atoms with E-state index in [9.17, 15) is 10.1 Å². The van der Waals surface area contributed by atoms with Gasteiger partial charge in [0.1, 0.15) is 11.6 Å². The standard InChI is InChI=1S/C18H25BrN4O2/c1-22(2)15-16(14-20)18(24)17(21-8-5-7-19)6-3-4-9-23-10-12-25-13-11-23/h3-6,8,15,21H,7,9-13H2,1-2H3/b4-3+,8-5+,16-15+,17-6-. The first kappa shape index (κ1) is 21.2. The van der Waals surface area contributed by atoms with Gasteiger partial charge < -0.3 is 15.0 Å². The van der Waals surface area contributed by atoms with Crippen molar-refractivity contribution in [1.29, 1.82) is 5.26 Å². The number of hydrogen-bond donors (Lipinski definition) is 1. The van der Waals surface area contributed by atoms with Gasteiger partial charge in [0, 0.05) is 45.3 Å². The number of ketones is 1. The molecular formula is C18H25BrN4O2. The van der Waals surface area contributed by atoms with Crippen LogP contribution in [0, 0.1) is 11.3 Å². The molecular weight excluding hydrogens is 384 g/mol. The molecule has 25 heavy (non-hydrogen) atoms. The number of hydrogen-bond acceptors (Lipinski definition) is 6. The molecule has 0 saturated carbocycles. The Labute approximate surface area is 158 Å². The number of nitriles is 1. The summed E-state index contributed by atoms with van der Waals surface area (Å²) in [5.41, 5.74) is 0.433. The summed E-state index contributed by atoms with van der Waals surface area (Å²) in [6.45, 7) is 4.14. The molecule has 0 aliphatic carbocycles. The van der Waals surface area contributed by atoms with Crippen molar-refractivity contribution in [3.63, 3.8) is 0 Å². The fourth-order valence-corrected chi connectivity index (χ4v) is 2.27. The highest BCUT2D eigenvalue weighted by Gasteiger charge is 2.14. The molecule has 7 heteroatoms. The molecule has 0 aromatic carbocycles. The molecule has 1 aliphatic rings. The van der Waals surface area contributed by atoms with E-state index in [1.54, 1.807) is 31.3 Å². The maximum absolute atomic E-state index is 12.5. The third kappa shape index (κ3) is 8.68. The highest BCUT2D eigenvalue weighted by molar-refractivity contribution is 9.09. The first-order valence-electron chi connectivity index (χ1n) is 8.06. The minimum atomic E-state index is -0.341. The molecule has 1 rings (SSSR count). The number of ether oxygens (including phenoxy) is 1. The van der Waals surface area contributed by atoms with E-state index < -0.39 is 0 Å². The molecule has 1 aliphatic heterocycles.